The zero-order chi connectivity index (χ0) is 14.8. The van der Waals surface area contributed by atoms with Gasteiger partial charge in [-0.15, -0.1) is 0 Å². The molecule has 0 amide bonds. The second kappa shape index (κ2) is 5.52. The first-order chi connectivity index (χ1) is 9.36. The molecule has 4 nitrogen and oxygen atoms in total. The van der Waals surface area contributed by atoms with Gasteiger partial charge in [0.2, 0.25) is 10.0 Å². The summed E-state index contributed by atoms with van der Waals surface area (Å²) in [6.07, 6.45) is 1.99. The first kappa shape index (κ1) is 15.0. The molecule has 1 aliphatic carbocycles. The zero-order valence-corrected chi connectivity index (χ0v) is 11.9. The van der Waals surface area contributed by atoms with Crippen molar-refractivity contribution >= 4 is 10.0 Å². The largest absolute Gasteiger partial charge is 0.384 e. The third-order valence-electron chi connectivity index (χ3n) is 3.33. The number of hydrogen-bond acceptors (Lipinski definition) is 3. The monoisotopic (exact) mass is 297 g/mol. The summed E-state index contributed by atoms with van der Waals surface area (Å²) in [4.78, 5) is -0.0656. The van der Waals surface area contributed by atoms with Crippen molar-refractivity contribution < 1.29 is 17.9 Å². The van der Waals surface area contributed by atoms with Crippen molar-refractivity contribution in [3.63, 3.8) is 0 Å². The van der Waals surface area contributed by atoms with Crippen LogP contribution in [0.25, 0.3) is 0 Å². The molecule has 20 heavy (non-hydrogen) atoms. The van der Waals surface area contributed by atoms with Gasteiger partial charge in [-0.25, -0.2) is 17.5 Å². The fraction of sp³-hybridized carbons (Fsp3) is 0.429. The third kappa shape index (κ3) is 3.57. The molecule has 0 atom stereocenters. The minimum Gasteiger partial charge on any atom is -0.384 e. The predicted molar refractivity (Wildman–Crippen MR) is 72.9 cm³/mol. The Morgan fingerprint density at radius 2 is 2.15 bits per heavy atom. The van der Waals surface area contributed by atoms with Crippen molar-refractivity contribution in [1.29, 1.82) is 0 Å². The maximum absolute atomic E-state index is 13.2. The summed E-state index contributed by atoms with van der Waals surface area (Å²) in [5, 5.41) is 8.68. The molecule has 0 bridgehead atoms. The van der Waals surface area contributed by atoms with E-state index in [0.717, 1.165) is 25.0 Å². The van der Waals surface area contributed by atoms with Crippen molar-refractivity contribution in [3.05, 3.63) is 29.6 Å². The standard InChI is InChI=1S/C14H16FNO3S/c1-14(6-7-14)10-16-20(18,19)13-5-4-12(15)9-11(13)3-2-8-17/h4-5,9,16-17H,6-8,10H2,1H3. The molecule has 0 aliphatic heterocycles. The van der Waals surface area contributed by atoms with E-state index in [1.165, 1.54) is 6.07 Å². The van der Waals surface area contributed by atoms with E-state index in [4.69, 9.17) is 5.11 Å². The van der Waals surface area contributed by atoms with Crippen molar-refractivity contribution in [2.45, 2.75) is 24.7 Å². The fourth-order valence-electron chi connectivity index (χ4n) is 1.71. The summed E-state index contributed by atoms with van der Waals surface area (Å²) in [5.74, 6) is 4.23. The minimum atomic E-state index is -3.73. The zero-order valence-electron chi connectivity index (χ0n) is 11.1. The number of nitrogens with one attached hydrogen (secondary N) is 1. The molecule has 0 radical (unpaired) electrons. The highest BCUT2D eigenvalue weighted by molar-refractivity contribution is 7.89. The van der Waals surface area contributed by atoms with E-state index in [0.29, 0.717) is 6.54 Å². The van der Waals surface area contributed by atoms with Gasteiger partial charge in [-0.3, -0.25) is 0 Å². The van der Waals surface area contributed by atoms with Crippen LogP contribution in [0.15, 0.2) is 23.1 Å². The van der Waals surface area contributed by atoms with Crippen LogP contribution in [0.4, 0.5) is 4.39 Å². The molecule has 108 valence electrons. The molecular weight excluding hydrogens is 281 g/mol. The lowest BCUT2D eigenvalue weighted by Gasteiger charge is -2.12. The minimum absolute atomic E-state index is 0.0318. The molecule has 0 spiro atoms. The van der Waals surface area contributed by atoms with Crippen LogP contribution in [0.1, 0.15) is 25.3 Å². The fourth-order valence-corrected chi connectivity index (χ4v) is 3.05. The van der Waals surface area contributed by atoms with Crippen LogP contribution in [0.2, 0.25) is 0 Å². The van der Waals surface area contributed by atoms with Gasteiger partial charge in [-0.1, -0.05) is 18.8 Å². The highest BCUT2D eigenvalue weighted by atomic mass is 32.2. The molecule has 6 heteroatoms. The molecule has 0 unspecified atom stereocenters. The summed E-state index contributed by atoms with van der Waals surface area (Å²) < 4.78 is 40.2. The number of benzene rings is 1. The van der Waals surface area contributed by atoms with Crippen molar-refractivity contribution in [1.82, 2.24) is 4.72 Å². The summed E-state index contributed by atoms with van der Waals surface area (Å²) in [5.41, 5.74) is 0.0804. The Morgan fingerprint density at radius 3 is 2.75 bits per heavy atom. The Kier molecular flexibility index (Phi) is 4.14. The van der Waals surface area contributed by atoms with E-state index >= 15 is 0 Å². The lowest BCUT2D eigenvalue weighted by Crippen LogP contribution is -2.29. The molecule has 0 heterocycles. The average molecular weight is 297 g/mol. The first-order valence-corrected chi connectivity index (χ1v) is 7.74. The van der Waals surface area contributed by atoms with Gasteiger partial charge < -0.3 is 5.11 Å². The number of rotatable bonds is 4. The number of sulfonamides is 1. The summed E-state index contributed by atoms with van der Waals surface area (Å²) in [7, 11) is -3.73. The lowest BCUT2D eigenvalue weighted by molar-refractivity contribution is 0.350. The van der Waals surface area contributed by atoms with Crippen molar-refractivity contribution in [2.75, 3.05) is 13.2 Å². The van der Waals surface area contributed by atoms with Gasteiger partial charge >= 0.3 is 0 Å². The van der Waals surface area contributed by atoms with E-state index < -0.39 is 22.4 Å². The first-order valence-electron chi connectivity index (χ1n) is 6.25. The predicted octanol–water partition coefficient (Wildman–Crippen LogP) is 1.25. The normalized spacial score (nSPS) is 16.4. The van der Waals surface area contributed by atoms with Crippen LogP contribution in [0, 0.1) is 23.1 Å². The van der Waals surface area contributed by atoms with Crippen molar-refractivity contribution in [3.8, 4) is 11.8 Å². The van der Waals surface area contributed by atoms with E-state index in [1.807, 2.05) is 6.92 Å². The molecular formula is C14H16FNO3S. The van der Waals surface area contributed by atoms with E-state index in [1.54, 1.807) is 0 Å². The number of hydrogen-bond donors (Lipinski definition) is 2. The topological polar surface area (TPSA) is 66.4 Å². The van der Waals surface area contributed by atoms with Gasteiger partial charge in [0, 0.05) is 12.1 Å². The van der Waals surface area contributed by atoms with Crippen LogP contribution in [0.5, 0.6) is 0 Å². The smallest absolute Gasteiger partial charge is 0.241 e. The average Bonchev–Trinajstić information content (AvgIpc) is 3.13. The van der Waals surface area contributed by atoms with Gasteiger partial charge in [0.05, 0.1) is 4.90 Å². The molecule has 0 aromatic heterocycles. The van der Waals surface area contributed by atoms with E-state index in [-0.39, 0.29) is 15.9 Å². The molecule has 0 saturated heterocycles. The number of halogens is 1. The highest BCUT2D eigenvalue weighted by Gasteiger charge is 2.38. The Hall–Kier alpha value is -1.42. The molecule has 1 aliphatic rings. The van der Waals surface area contributed by atoms with Gasteiger partial charge in [-0.2, -0.15) is 0 Å². The van der Waals surface area contributed by atoms with Gasteiger partial charge in [0.25, 0.3) is 0 Å². The molecule has 2 N–H and O–H groups in total. The Labute approximate surface area is 118 Å². The van der Waals surface area contributed by atoms with Gasteiger partial charge in [-0.05, 0) is 36.5 Å². The molecule has 2 rings (SSSR count). The second-order valence-corrected chi connectivity index (χ2v) is 6.97. The Balaban J connectivity index is 2.30. The Morgan fingerprint density at radius 1 is 1.45 bits per heavy atom. The van der Waals surface area contributed by atoms with E-state index in [9.17, 15) is 12.8 Å². The molecule has 1 fully saturated rings. The Bertz CT molecular complexity index is 669. The highest BCUT2D eigenvalue weighted by Crippen LogP contribution is 2.44. The van der Waals surface area contributed by atoms with Crippen LogP contribution >= 0.6 is 0 Å². The molecule has 1 saturated carbocycles. The van der Waals surface area contributed by atoms with E-state index in [2.05, 4.69) is 16.6 Å². The van der Waals surface area contributed by atoms with Crippen LogP contribution in [-0.4, -0.2) is 26.7 Å². The molecule has 1 aromatic carbocycles. The van der Waals surface area contributed by atoms with Gasteiger partial charge in [0.15, 0.2) is 0 Å². The maximum atomic E-state index is 13.2. The van der Waals surface area contributed by atoms with Crippen LogP contribution in [0.3, 0.4) is 0 Å². The molecule has 1 aromatic rings. The number of aliphatic hydroxyl groups excluding tert-OH is 1. The second-order valence-electron chi connectivity index (χ2n) is 5.24. The van der Waals surface area contributed by atoms with Gasteiger partial charge in [0.1, 0.15) is 12.4 Å². The number of aliphatic hydroxyl groups is 1. The summed E-state index contributed by atoms with van der Waals surface area (Å²) in [6.45, 7) is 1.95. The van der Waals surface area contributed by atoms with Crippen molar-refractivity contribution in [2.24, 2.45) is 5.41 Å². The lowest BCUT2D eigenvalue weighted by atomic mass is 10.2. The summed E-state index contributed by atoms with van der Waals surface area (Å²) in [6, 6.07) is 3.32. The van der Waals surface area contributed by atoms with Crippen LogP contribution < -0.4 is 4.72 Å². The maximum Gasteiger partial charge on any atom is 0.241 e. The van der Waals surface area contributed by atoms with Crippen LogP contribution in [-0.2, 0) is 10.0 Å². The summed E-state index contributed by atoms with van der Waals surface area (Å²) >= 11 is 0. The third-order valence-corrected chi connectivity index (χ3v) is 4.79. The quantitative estimate of drug-likeness (QED) is 0.822. The SMILES string of the molecule is CC1(CNS(=O)(=O)c2ccc(F)cc2C#CCO)CC1.